The minimum absolute atomic E-state index is 0.0220. The predicted octanol–water partition coefficient (Wildman–Crippen LogP) is 2.78. The monoisotopic (exact) mass is 293 g/mol. The molecule has 0 aliphatic rings. The second-order valence-corrected chi connectivity index (χ2v) is 6.60. The minimum Gasteiger partial charge on any atom is -0.212 e. The lowest BCUT2D eigenvalue weighted by molar-refractivity contribution is 0.387. The highest BCUT2D eigenvalue weighted by molar-refractivity contribution is 7.89. The average molecular weight is 294 g/mol. The van der Waals surface area contributed by atoms with Gasteiger partial charge in [-0.2, -0.15) is 4.31 Å². The van der Waals surface area contributed by atoms with E-state index < -0.39 is 21.9 Å². The molecular formula is C12H17ClFNO2S. The highest BCUT2D eigenvalue weighted by Gasteiger charge is 2.25. The van der Waals surface area contributed by atoms with Gasteiger partial charge in [-0.25, -0.2) is 12.8 Å². The Morgan fingerprint density at radius 2 is 2.00 bits per heavy atom. The lowest BCUT2D eigenvalue weighted by Crippen LogP contribution is -2.32. The van der Waals surface area contributed by atoms with Crippen LogP contribution in [0, 0.1) is 5.82 Å². The van der Waals surface area contributed by atoms with Gasteiger partial charge < -0.3 is 0 Å². The first kappa shape index (κ1) is 15.4. The molecule has 3 nitrogen and oxygen atoms in total. The van der Waals surface area contributed by atoms with Gasteiger partial charge in [-0.05, 0) is 19.4 Å². The second-order valence-electron chi connectivity index (χ2n) is 4.07. The molecule has 1 unspecified atom stereocenters. The molecule has 0 saturated carbocycles. The van der Waals surface area contributed by atoms with Crippen molar-refractivity contribution in [3.05, 3.63) is 35.6 Å². The molecule has 102 valence electrons. The number of rotatable bonds is 6. The molecule has 0 N–H and O–H groups in total. The van der Waals surface area contributed by atoms with Crippen molar-refractivity contribution in [2.45, 2.75) is 19.4 Å². The summed E-state index contributed by atoms with van der Waals surface area (Å²) in [7, 11) is -1.95. The Balaban J connectivity index is 2.91. The number of sulfonamides is 1. The third kappa shape index (κ3) is 3.67. The fourth-order valence-corrected chi connectivity index (χ4v) is 3.32. The summed E-state index contributed by atoms with van der Waals surface area (Å²) in [5.74, 6) is -0.128. The summed E-state index contributed by atoms with van der Waals surface area (Å²) < 4.78 is 38.7. The van der Waals surface area contributed by atoms with E-state index in [0.717, 1.165) is 0 Å². The van der Waals surface area contributed by atoms with Crippen LogP contribution in [0.2, 0.25) is 0 Å². The fourth-order valence-electron chi connectivity index (χ4n) is 1.63. The highest BCUT2D eigenvalue weighted by Crippen LogP contribution is 2.24. The molecule has 0 saturated heterocycles. The van der Waals surface area contributed by atoms with Gasteiger partial charge in [-0.3, -0.25) is 0 Å². The zero-order chi connectivity index (χ0) is 13.8. The normalized spacial score (nSPS) is 13.8. The van der Waals surface area contributed by atoms with Crippen LogP contribution in [-0.4, -0.2) is 31.4 Å². The SMILES string of the molecule is CC(c1ccccc1F)N(C)S(=O)(=O)CCCCl. The molecule has 0 aliphatic carbocycles. The summed E-state index contributed by atoms with van der Waals surface area (Å²) in [5, 5.41) is 0. The molecule has 0 aromatic heterocycles. The second kappa shape index (κ2) is 6.50. The first-order chi connectivity index (χ1) is 8.40. The summed E-state index contributed by atoms with van der Waals surface area (Å²) in [6, 6.07) is 5.65. The molecule has 18 heavy (non-hydrogen) atoms. The summed E-state index contributed by atoms with van der Waals surface area (Å²) in [4.78, 5) is 0. The van der Waals surface area contributed by atoms with Crippen LogP contribution in [0.15, 0.2) is 24.3 Å². The highest BCUT2D eigenvalue weighted by atomic mass is 35.5. The first-order valence-electron chi connectivity index (χ1n) is 5.66. The molecule has 0 radical (unpaired) electrons. The van der Waals surface area contributed by atoms with Crippen LogP contribution in [0.25, 0.3) is 0 Å². The number of hydrogen-bond acceptors (Lipinski definition) is 2. The van der Waals surface area contributed by atoms with Gasteiger partial charge in [-0.1, -0.05) is 18.2 Å². The molecule has 1 aromatic rings. The Bertz CT molecular complexity index is 493. The molecular weight excluding hydrogens is 277 g/mol. The molecule has 0 bridgehead atoms. The van der Waals surface area contributed by atoms with Gasteiger partial charge in [0.15, 0.2) is 0 Å². The van der Waals surface area contributed by atoms with Crippen LogP contribution in [0.3, 0.4) is 0 Å². The number of hydrogen-bond donors (Lipinski definition) is 0. The van der Waals surface area contributed by atoms with Crippen LogP contribution in [0.1, 0.15) is 24.9 Å². The van der Waals surface area contributed by atoms with Gasteiger partial charge >= 0.3 is 0 Å². The van der Waals surface area contributed by atoms with E-state index in [1.54, 1.807) is 25.1 Å². The molecule has 0 fully saturated rings. The molecule has 6 heteroatoms. The van der Waals surface area contributed by atoms with Crippen molar-refractivity contribution in [1.82, 2.24) is 4.31 Å². The predicted molar refractivity (Wildman–Crippen MR) is 71.7 cm³/mol. The van der Waals surface area contributed by atoms with Gasteiger partial charge in [0, 0.05) is 24.5 Å². The molecule has 0 aliphatic heterocycles. The summed E-state index contributed by atoms with van der Waals surface area (Å²) in [6.07, 6.45) is 0.387. The van der Waals surface area contributed by atoms with Crippen LogP contribution < -0.4 is 0 Å². The third-order valence-electron chi connectivity index (χ3n) is 2.88. The van der Waals surface area contributed by atoms with E-state index in [9.17, 15) is 12.8 Å². The van der Waals surface area contributed by atoms with E-state index in [-0.39, 0.29) is 5.75 Å². The number of benzene rings is 1. The Morgan fingerprint density at radius 1 is 1.39 bits per heavy atom. The molecule has 0 spiro atoms. The quantitative estimate of drug-likeness (QED) is 0.756. The third-order valence-corrected chi connectivity index (χ3v) is 5.14. The van der Waals surface area contributed by atoms with Crippen molar-refractivity contribution in [1.29, 1.82) is 0 Å². The van der Waals surface area contributed by atoms with E-state index in [4.69, 9.17) is 11.6 Å². The maximum absolute atomic E-state index is 13.6. The van der Waals surface area contributed by atoms with Gasteiger partial charge in [0.1, 0.15) is 5.82 Å². The Kier molecular flexibility index (Phi) is 5.56. The summed E-state index contributed by atoms with van der Waals surface area (Å²) >= 11 is 5.49. The summed E-state index contributed by atoms with van der Waals surface area (Å²) in [6.45, 7) is 1.66. The number of halogens is 2. The minimum atomic E-state index is -3.40. The van der Waals surface area contributed by atoms with E-state index in [0.29, 0.717) is 17.9 Å². The largest absolute Gasteiger partial charge is 0.214 e. The van der Waals surface area contributed by atoms with E-state index in [2.05, 4.69) is 0 Å². The van der Waals surface area contributed by atoms with Gasteiger partial charge in [0.05, 0.1) is 5.75 Å². The average Bonchev–Trinajstić information content (AvgIpc) is 2.35. The standard InChI is InChI=1S/C12H17ClFNO2S/c1-10(11-6-3-4-7-12(11)14)15(2)18(16,17)9-5-8-13/h3-4,6-7,10H,5,8-9H2,1-2H3. The van der Waals surface area contributed by atoms with Crippen molar-refractivity contribution < 1.29 is 12.8 Å². The molecule has 1 atom stereocenters. The smallest absolute Gasteiger partial charge is 0.212 e. The van der Waals surface area contributed by atoms with Crippen LogP contribution in [-0.2, 0) is 10.0 Å². The van der Waals surface area contributed by atoms with Crippen LogP contribution in [0.5, 0.6) is 0 Å². The Morgan fingerprint density at radius 3 is 2.56 bits per heavy atom. The Labute approximate surface area is 113 Å². The van der Waals surface area contributed by atoms with Gasteiger partial charge in [-0.15, -0.1) is 11.6 Å². The maximum Gasteiger partial charge on any atom is 0.214 e. The maximum atomic E-state index is 13.6. The Hall–Kier alpha value is -0.650. The van der Waals surface area contributed by atoms with Crippen LogP contribution in [0.4, 0.5) is 4.39 Å². The summed E-state index contributed by atoms with van der Waals surface area (Å²) in [5.41, 5.74) is 0.370. The van der Waals surface area contributed by atoms with E-state index >= 15 is 0 Å². The van der Waals surface area contributed by atoms with Crippen molar-refractivity contribution in [3.8, 4) is 0 Å². The zero-order valence-electron chi connectivity index (χ0n) is 10.4. The van der Waals surface area contributed by atoms with Crippen molar-refractivity contribution in [2.75, 3.05) is 18.7 Å². The number of nitrogens with zero attached hydrogens (tertiary/aromatic N) is 1. The lowest BCUT2D eigenvalue weighted by Gasteiger charge is -2.24. The van der Waals surface area contributed by atoms with Crippen molar-refractivity contribution in [2.24, 2.45) is 0 Å². The van der Waals surface area contributed by atoms with Crippen molar-refractivity contribution in [3.63, 3.8) is 0 Å². The topological polar surface area (TPSA) is 37.4 Å². The van der Waals surface area contributed by atoms with E-state index in [1.165, 1.54) is 17.4 Å². The molecule has 1 rings (SSSR count). The lowest BCUT2D eigenvalue weighted by atomic mass is 10.1. The van der Waals surface area contributed by atoms with Gasteiger partial charge in [0.25, 0.3) is 0 Å². The zero-order valence-corrected chi connectivity index (χ0v) is 12.0. The van der Waals surface area contributed by atoms with Gasteiger partial charge in [0.2, 0.25) is 10.0 Å². The molecule has 1 aromatic carbocycles. The van der Waals surface area contributed by atoms with E-state index in [1.807, 2.05) is 0 Å². The van der Waals surface area contributed by atoms with Crippen molar-refractivity contribution >= 4 is 21.6 Å². The molecule has 0 amide bonds. The molecule has 0 heterocycles. The first-order valence-corrected chi connectivity index (χ1v) is 7.80. The van der Waals surface area contributed by atoms with Crippen LogP contribution >= 0.6 is 11.6 Å². The fraction of sp³-hybridized carbons (Fsp3) is 0.500. The number of alkyl halides is 1.